The first-order valence-corrected chi connectivity index (χ1v) is 6.73. The summed E-state index contributed by atoms with van der Waals surface area (Å²) in [5.74, 6) is -1.43. The number of carbonyl (C=O) groups excluding carboxylic acids is 1. The molecule has 1 saturated carbocycles. The zero-order chi connectivity index (χ0) is 15.2. The van der Waals surface area contributed by atoms with Gasteiger partial charge in [0.2, 0.25) is 0 Å². The van der Waals surface area contributed by atoms with Crippen LogP contribution in [0.4, 0.5) is 13.2 Å². The van der Waals surface area contributed by atoms with Crippen LogP contribution >= 0.6 is 15.9 Å². The van der Waals surface area contributed by atoms with Crippen molar-refractivity contribution in [3.05, 3.63) is 10.6 Å². The highest BCUT2D eigenvalue weighted by molar-refractivity contribution is 9.11. The molecule has 1 fully saturated rings. The Bertz CT molecular complexity index is 405. The van der Waals surface area contributed by atoms with Gasteiger partial charge in [-0.1, -0.05) is 19.9 Å². The minimum absolute atomic E-state index is 0.443. The first-order chi connectivity index (χ1) is 8.27. The minimum Gasteiger partial charge on any atom is -0.460 e. The number of halogens is 4. The molecule has 0 spiro atoms. The number of allylic oxidation sites excluding steroid dienone is 2. The summed E-state index contributed by atoms with van der Waals surface area (Å²) in [7, 11) is 0. The zero-order valence-corrected chi connectivity index (χ0v) is 13.1. The molecule has 0 saturated heterocycles. The summed E-state index contributed by atoms with van der Waals surface area (Å²) in [4.78, 5) is 11.9. The Kier molecular flexibility index (Phi) is 4.17. The molecule has 0 aliphatic heterocycles. The molecule has 0 unspecified atom stereocenters. The lowest BCUT2D eigenvalue weighted by molar-refractivity contribution is -0.157. The van der Waals surface area contributed by atoms with E-state index in [1.54, 1.807) is 34.6 Å². The molecular formula is C13H18BrF3O2. The van der Waals surface area contributed by atoms with Crippen LogP contribution in [0.2, 0.25) is 0 Å². The third-order valence-corrected chi connectivity index (χ3v) is 3.88. The lowest BCUT2D eigenvalue weighted by atomic mass is 10.1. The Morgan fingerprint density at radius 1 is 1.26 bits per heavy atom. The molecule has 0 aromatic heterocycles. The van der Waals surface area contributed by atoms with Crippen molar-refractivity contribution in [2.45, 2.75) is 46.4 Å². The second kappa shape index (κ2) is 4.79. The monoisotopic (exact) mass is 342 g/mol. The van der Waals surface area contributed by atoms with E-state index in [2.05, 4.69) is 15.9 Å². The van der Waals surface area contributed by atoms with Crippen molar-refractivity contribution in [1.82, 2.24) is 0 Å². The maximum atomic E-state index is 12.5. The van der Waals surface area contributed by atoms with Gasteiger partial charge < -0.3 is 4.74 Å². The van der Waals surface area contributed by atoms with E-state index >= 15 is 0 Å². The van der Waals surface area contributed by atoms with Gasteiger partial charge in [0.25, 0.3) is 0 Å². The second-order valence-corrected chi connectivity index (χ2v) is 7.22. The fraction of sp³-hybridized carbons (Fsp3) is 0.769. The van der Waals surface area contributed by atoms with Crippen molar-refractivity contribution >= 4 is 21.9 Å². The standard InChI is InChI=1S/C13H18BrF3O2/c1-11(2,3)19-10(18)9-7(12(9,4)5)6-8(14)13(15,16)17/h6-7,9H,1-5H3/t7-,9-/m0/s1. The fourth-order valence-electron chi connectivity index (χ4n) is 2.06. The lowest BCUT2D eigenvalue weighted by Crippen LogP contribution is -2.26. The number of ether oxygens (including phenoxy) is 1. The second-order valence-electron chi connectivity index (χ2n) is 6.37. The van der Waals surface area contributed by atoms with E-state index in [0.717, 1.165) is 6.08 Å². The molecule has 6 heteroatoms. The van der Waals surface area contributed by atoms with Crippen LogP contribution in [-0.2, 0) is 9.53 Å². The van der Waals surface area contributed by atoms with Gasteiger partial charge >= 0.3 is 12.1 Å². The molecule has 19 heavy (non-hydrogen) atoms. The highest BCUT2D eigenvalue weighted by Gasteiger charge is 2.62. The van der Waals surface area contributed by atoms with Crippen LogP contribution in [0.3, 0.4) is 0 Å². The molecule has 2 atom stereocenters. The Morgan fingerprint density at radius 3 is 2.11 bits per heavy atom. The van der Waals surface area contributed by atoms with Crippen molar-refractivity contribution in [2.24, 2.45) is 17.3 Å². The molecule has 0 aromatic carbocycles. The summed E-state index contributed by atoms with van der Waals surface area (Å²) in [5, 5.41) is 0. The molecule has 2 nitrogen and oxygen atoms in total. The quantitative estimate of drug-likeness (QED) is 0.693. The largest absolute Gasteiger partial charge is 0.460 e. The molecule has 0 N–H and O–H groups in total. The Labute approximate surface area is 119 Å². The molecule has 0 aromatic rings. The summed E-state index contributed by atoms with van der Waals surface area (Å²) < 4.78 is 41.8. The molecule has 0 radical (unpaired) electrons. The molecule has 0 amide bonds. The third-order valence-electron chi connectivity index (χ3n) is 3.17. The van der Waals surface area contributed by atoms with Crippen molar-refractivity contribution < 1.29 is 22.7 Å². The number of alkyl halides is 3. The zero-order valence-electron chi connectivity index (χ0n) is 11.6. The van der Waals surface area contributed by atoms with Crippen LogP contribution in [0.1, 0.15) is 34.6 Å². The predicted octanol–water partition coefficient (Wildman–Crippen LogP) is 4.44. The van der Waals surface area contributed by atoms with Gasteiger partial charge in [-0.3, -0.25) is 4.79 Å². The van der Waals surface area contributed by atoms with Crippen LogP contribution < -0.4 is 0 Å². The Morgan fingerprint density at radius 2 is 1.74 bits per heavy atom. The van der Waals surface area contributed by atoms with Crippen molar-refractivity contribution in [2.75, 3.05) is 0 Å². The highest BCUT2D eigenvalue weighted by atomic mass is 79.9. The van der Waals surface area contributed by atoms with Crippen molar-refractivity contribution in [1.29, 1.82) is 0 Å². The van der Waals surface area contributed by atoms with Crippen molar-refractivity contribution in [3.8, 4) is 0 Å². The maximum Gasteiger partial charge on any atom is 0.422 e. The van der Waals surface area contributed by atoms with E-state index in [1.165, 1.54) is 0 Å². The van der Waals surface area contributed by atoms with Gasteiger partial charge in [-0.15, -0.1) is 0 Å². The van der Waals surface area contributed by atoms with Crippen LogP contribution in [0.15, 0.2) is 10.6 Å². The first-order valence-electron chi connectivity index (χ1n) is 5.94. The van der Waals surface area contributed by atoms with Gasteiger partial charge in [0.05, 0.1) is 10.4 Å². The molecule has 1 rings (SSSR count). The van der Waals surface area contributed by atoms with Gasteiger partial charge in [0.1, 0.15) is 5.60 Å². The fourth-order valence-corrected chi connectivity index (χ4v) is 2.34. The Hall–Kier alpha value is -0.520. The smallest absolute Gasteiger partial charge is 0.422 e. The lowest BCUT2D eigenvalue weighted by Gasteiger charge is -2.19. The van der Waals surface area contributed by atoms with E-state index in [-0.39, 0.29) is 0 Å². The van der Waals surface area contributed by atoms with E-state index in [4.69, 9.17) is 4.74 Å². The van der Waals surface area contributed by atoms with Crippen molar-refractivity contribution in [3.63, 3.8) is 0 Å². The summed E-state index contributed by atoms with van der Waals surface area (Å²) in [5.41, 5.74) is -1.14. The number of carbonyl (C=O) groups is 1. The molecule has 1 aliphatic rings. The number of esters is 1. The minimum atomic E-state index is -4.42. The van der Waals surface area contributed by atoms with Crippen LogP contribution in [0.5, 0.6) is 0 Å². The first kappa shape index (κ1) is 16.5. The molecule has 0 heterocycles. The third kappa shape index (κ3) is 3.97. The maximum absolute atomic E-state index is 12.5. The number of hydrogen-bond donors (Lipinski definition) is 0. The highest BCUT2D eigenvalue weighted by Crippen LogP contribution is 2.60. The molecule has 0 bridgehead atoms. The van der Waals surface area contributed by atoms with Crippen LogP contribution in [0, 0.1) is 17.3 Å². The van der Waals surface area contributed by atoms with Crippen LogP contribution in [-0.4, -0.2) is 17.7 Å². The summed E-state index contributed by atoms with van der Waals surface area (Å²) in [6, 6.07) is 0. The van der Waals surface area contributed by atoms with E-state index in [0.29, 0.717) is 0 Å². The number of hydrogen-bond acceptors (Lipinski definition) is 2. The summed E-state index contributed by atoms with van der Waals surface area (Å²) >= 11 is 2.51. The van der Waals surface area contributed by atoms with Gasteiger partial charge in [-0.05, 0) is 48.0 Å². The normalized spacial score (nSPS) is 27.1. The summed E-state index contributed by atoms with van der Waals surface area (Å²) in [6.45, 7) is 8.73. The van der Waals surface area contributed by atoms with E-state index < -0.39 is 39.5 Å². The van der Waals surface area contributed by atoms with Gasteiger partial charge in [0.15, 0.2) is 0 Å². The van der Waals surface area contributed by atoms with E-state index in [9.17, 15) is 18.0 Å². The Balaban J connectivity index is 2.82. The number of rotatable bonds is 2. The molecule has 110 valence electrons. The van der Waals surface area contributed by atoms with Gasteiger partial charge in [0, 0.05) is 0 Å². The van der Waals surface area contributed by atoms with Crippen LogP contribution in [0.25, 0.3) is 0 Å². The topological polar surface area (TPSA) is 26.3 Å². The average molecular weight is 343 g/mol. The molecular weight excluding hydrogens is 325 g/mol. The molecule has 1 aliphatic carbocycles. The summed E-state index contributed by atoms with van der Waals surface area (Å²) in [6.07, 6.45) is -3.36. The van der Waals surface area contributed by atoms with Gasteiger partial charge in [-0.2, -0.15) is 13.2 Å². The SMILES string of the molecule is CC(C)(C)OC(=O)[C@@H]1[C@H](C=C(Br)C(F)(F)F)C1(C)C. The van der Waals surface area contributed by atoms with E-state index in [1.807, 2.05) is 0 Å². The van der Waals surface area contributed by atoms with Gasteiger partial charge in [-0.25, -0.2) is 0 Å². The average Bonchev–Trinajstić information content (AvgIpc) is 2.63. The predicted molar refractivity (Wildman–Crippen MR) is 69.7 cm³/mol.